The summed E-state index contributed by atoms with van der Waals surface area (Å²) in [7, 11) is 3.27. The summed E-state index contributed by atoms with van der Waals surface area (Å²) in [6.45, 7) is 5.21. The van der Waals surface area contributed by atoms with E-state index in [0.29, 0.717) is 55.4 Å². The molecule has 2 atom stereocenters. The molecular weight excluding hydrogens is 796 g/mol. The first-order valence-electron chi connectivity index (χ1n) is 16.3. The van der Waals surface area contributed by atoms with E-state index >= 15 is 0 Å². The van der Waals surface area contributed by atoms with Crippen LogP contribution in [0.5, 0.6) is 0 Å². The van der Waals surface area contributed by atoms with E-state index in [4.69, 9.17) is 15.9 Å². The number of carbonyl (C=O) groups is 4. The van der Waals surface area contributed by atoms with Crippen molar-refractivity contribution in [3.8, 4) is 45.3 Å². The van der Waals surface area contributed by atoms with Crippen LogP contribution in [0.15, 0.2) is 63.8 Å². The number of carbonyl (C=O) groups excluding carboxylic acids is 4. The fourth-order valence-electron chi connectivity index (χ4n) is 4.89. The van der Waals surface area contributed by atoms with Crippen LogP contribution in [0.2, 0.25) is 0 Å². The second kappa shape index (κ2) is 19.4. The van der Waals surface area contributed by atoms with E-state index in [9.17, 15) is 29.4 Å². The van der Waals surface area contributed by atoms with Gasteiger partial charge in [-0.1, -0.05) is 65.4 Å². The van der Waals surface area contributed by atoms with E-state index in [2.05, 4.69) is 43.7 Å². The number of amides is 2. The number of aromatic nitrogens is 2. The number of likely N-dealkylation sites (tertiary alicyclic amines) is 2. The monoisotopic (exact) mass is 836 g/mol. The lowest BCUT2D eigenvalue weighted by Gasteiger charge is -2.13. The SMILES string of the molecule is C.C#C[C@]1(O)CCN(C)C1=O.CCOC(=O)c1csc(-c2cccc(Br)c2)n1.CCOC(=O)c1csc(-c2cccc(C#C[C@]3(O)CCN(C)C3=O)c2)n1. The summed E-state index contributed by atoms with van der Waals surface area (Å²) >= 11 is 6.18. The molecule has 15 heteroatoms. The number of esters is 2. The highest BCUT2D eigenvalue weighted by atomic mass is 79.9. The van der Waals surface area contributed by atoms with Gasteiger partial charge in [-0.25, -0.2) is 19.6 Å². The number of benzene rings is 2. The van der Waals surface area contributed by atoms with E-state index in [1.54, 1.807) is 44.8 Å². The van der Waals surface area contributed by atoms with Crippen LogP contribution in [0, 0.1) is 24.2 Å². The van der Waals surface area contributed by atoms with E-state index in [1.807, 2.05) is 42.5 Å². The van der Waals surface area contributed by atoms with Gasteiger partial charge in [-0.15, -0.1) is 29.1 Å². The number of terminal acetylenes is 1. The number of hydrogen-bond donors (Lipinski definition) is 2. The molecule has 0 aliphatic carbocycles. The van der Waals surface area contributed by atoms with Gasteiger partial charge in [0.05, 0.1) is 13.2 Å². The van der Waals surface area contributed by atoms with Gasteiger partial charge in [0.25, 0.3) is 11.8 Å². The van der Waals surface area contributed by atoms with E-state index in [0.717, 1.165) is 20.6 Å². The largest absolute Gasteiger partial charge is 0.461 e. The van der Waals surface area contributed by atoms with Crippen LogP contribution < -0.4 is 0 Å². The van der Waals surface area contributed by atoms with Gasteiger partial charge >= 0.3 is 11.9 Å². The van der Waals surface area contributed by atoms with Crippen LogP contribution in [0.1, 0.15) is 60.7 Å². The lowest BCUT2D eigenvalue weighted by Crippen LogP contribution is -2.37. The number of nitrogens with zero attached hydrogens (tertiary/aromatic N) is 4. The predicted molar refractivity (Wildman–Crippen MR) is 212 cm³/mol. The minimum Gasteiger partial charge on any atom is -0.461 e. The smallest absolute Gasteiger partial charge is 0.357 e. The first-order chi connectivity index (χ1) is 25.2. The number of thiazole rings is 2. The van der Waals surface area contributed by atoms with Gasteiger partial charge in [-0.3, -0.25) is 9.59 Å². The number of likely N-dealkylation sites (N-methyl/N-ethyl adjacent to an activating group) is 2. The van der Waals surface area contributed by atoms with E-state index < -0.39 is 17.2 Å². The molecule has 2 aliphatic rings. The standard InChI is InChI=1S/C19H18N2O4S.C12H10BrNO2S.C7H9NO2.CH4/c1-3-25-17(22)15-12-26-16(20-15)14-6-4-5-13(11-14)7-8-19(24)9-10-21(2)18(19)23;1-2-16-12(15)10-7-17-11(14-10)8-4-3-5-9(13)6-8;1-3-7(10)4-5-8(2)6(7)9;/h4-6,11-12,24H,3,9-10H2,1-2H3;3-7H,2H2,1H3;1,10H,4-5H2,2H3;1H4/t19-;;7-;/m0.0./s1. The van der Waals surface area contributed by atoms with Crippen LogP contribution in [0.3, 0.4) is 0 Å². The molecule has 0 radical (unpaired) electrons. The lowest BCUT2D eigenvalue weighted by molar-refractivity contribution is -0.138. The second-order valence-electron chi connectivity index (χ2n) is 11.7. The topological polar surface area (TPSA) is 159 Å². The van der Waals surface area contributed by atoms with Crippen LogP contribution in [-0.4, -0.2) is 105 Å². The molecule has 284 valence electrons. The van der Waals surface area contributed by atoms with Crippen molar-refractivity contribution in [2.45, 2.75) is 45.3 Å². The summed E-state index contributed by atoms with van der Waals surface area (Å²) in [4.78, 5) is 57.6. The molecule has 12 nitrogen and oxygen atoms in total. The Labute approximate surface area is 331 Å². The average molecular weight is 838 g/mol. The molecule has 2 amide bonds. The quantitative estimate of drug-likeness (QED) is 0.187. The zero-order chi connectivity index (χ0) is 38.8. The predicted octanol–water partition coefficient (Wildman–Crippen LogP) is 5.53. The first-order valence-corrected chi connectivity index (χ1v) is 18.9. The first kappa shape index (κ1) is 43.5. The summed E-state index contributed by atoms with van der Waals surface area (Å²) in [5.41, 5.74) is -0.0491. The zero-order valence-electron chi connectivity index (χ0n) is 29.4. The van der Waals surface area contributed by atoms with E-state index in [1.165, 1.54) is 32.5 Å². The molecule has 2 aromatic heterocycles. The maximum absolute atomic E-state index is 12.0. The van der Waals surface area contributed by atoms with Crippen molar-refractivity contribution in [2.24, 2.45) is 0 Å². The van der Waals surface area contributed by atoms with E-state index in [-0.39, 0.29) is 30.9 Å². The molecule has 4 heterocycles. The Morgan fingerprint density at radius 3 is 1.76 bits per heavy atom. The Morgan fingerprint density at radius 1 is 0.852 bits per heavy atom. The average Bonchev–Trinajstić information content (AvgIpc) is 3.96. The van der Waals surface area contributed by atoms with Crippen molar-refractivity contribution in [1.29, 1.82) is 0 Å². The number of aliphatic hydroxyl groups is 2. The van der Waals surface area contributed by atoms with Gasteiger partial charge in [0, 0.05) is 71.9 Å². The van der Waals surface area contributed by atoms with Gasteiger partial charge in [0.15, 0.2) is 11.4 Å². The Morgan fingerprint density at radius 2 is 1.33 bits per heavy atom. The second-order valence-corrected chi connectivity index (χ2v) is 14.3. The fourth-order valence-corrected chi connectivity index (χ4v) is 6.87. The Hall–Kier alpha value is -4.90. The Balaban J connectivity index is 0.000000240. The molecule has 6 rings (SSSR count). The molecule has 0 bridgehead atoms. The van der Waals surface area contributed by atoms with Crippen LogP contribution >= 0.6 is 38.6 Å². The van der Waals surface area contributed by atoms with Gasteiger partial charge in [-0.05, 0) is 38.1 Å². The minimum atomic E-state index is -1.62. The molecule has 2 fully saturated rings. The van der Waals surface area contributed by atoms with Crippen molar-refractivity contribution < 1.29 is 38.9 Å². The molecule has 0 unspecified atom stereocenters. The minimum absolute atomic E-state index is 0. The number of hydrogen-bond acceptors (Lipinski definition) is 12. The third kappa shape index (κ3) is 10.8. The van der Waals surface area contributed by atoms with Gasteiger partial charge in [-0.2, -0.15) is 0 Å². The molecule has 54 heavy (non-hydrogen) atoms. The molecule has 2 saturated heterocycles. The van der Waals surface area contributed by atoms with Gasteiger partial charge < -0.3 is 29.5 Å². The molecule has 0 spiro atoms. The van der Waals surface area contributed by atoms with Crippen LogP contribution in [0.25, 0.3) is 21.1 Å². The maximum Gasteiger partial charge on any atom is 0.357 e. The normalized spacial score (nSPS) is 18.5. The Bertz CT molecular complexity index is 2080. The van der Waals surface area contributed by atoms with Gasteiger partial charge in [0.2, 0.25) is 11.2 Å². The summed E-state index contributed by atoms with van der Waals surface area (Å²) in [5, 5.41) is 24.5. The summed E-state index contributed by atoms with van der Waals surface area (Å²) in [6, 6.07) is 15.1. The third-order valence-corrected chi connectivity index (χ3v) is 10.1. The highest BCUT2D eigenvalue weighted by Gasteiger charge is 2.43. The summed E-state index contributed by atoms with van der Waals surface area (Å²) < 4.78 is 10.8. The molecule has 4 aromatic rings. The number of ether oxygens (including phenoxy) is 2. The summed E-state index contributed by atoms with van der Waals surface area (Å²) in [6.07, 6.45) is 5.62. The molecule has 2 aliphatic heterocycles. The number of halogens is 1. The van der Waals surface area contributed by atoms with Crippen molar-refractivity contribution in [2.75, 3.05) is 40.4 Å². The van der Waals surface area contributed by atoms with Crippen molar-refractivity contribution in [3.63, 3.8) is 0 Å². The highest BCUT2D eigenvalue weighted by molar-refractivity contribution is 9.10. The van der Waals surface area contributed by atoms with Gasteiger partial charge in [0.1, 0.15) is 10.0 Å². The number of rotatable bonds is 6. The third-order valence-electron chi connectivity index (χ3n) is 7.83. The molecular formula is C39H41BrN4O8S2. The maximum atomic E-state index is 12.0. The highest BCUT2D eigenvalue weighted by Crippen LogP contribution is 2.27. The van der Waals surface area contributed by atoms with Crippen LogP contribution in [0.4, 0.5) is 0 Å². The van der Waals surface area contributed by atoms with Crippen molar-refractivity contribution in [1.82, 2.24) is 19.8 Å². The Kier molecular flexibility index (Phi) is 15.7. The summed E-state index contributed by atoms with van der Waals surface area (Å²) in [5.74, 6) is 6.10. The molecule has 2 N–H and O–H groups in total. The van der Waals surface area contributed by atoms with Crippen molar-refractivity contribution in [3.05, 3.63) is 80.7 Å². The zero-order valence-corrected chi connectivity index (χ0v) is 32.6. The van der Waals surface area contributed by atoms with Crippen molar-refractivity contribution >= 4 is 62.4 Å². The fraction of sp³-hybridized carbons (Fsp3) is 0.333. The van der Waals surface area contributed by atoms with Crippen LogP contribution in [-0.2, 0) is 19.1 Å². The lowest BCUT2D eigenvalue weighted by atomic mass is 10.0. The molecule has 0 saturated carbocycles. The molecule has 2 aromatic carbocycles.